The van der Waals surface area contributed by atoms with E-state index in [-0.39, 0.29) is 0 Å². The van der Waals surface area contributed by atoms with E-state index in [1.54, 1.807) is 17.9 Å². The van der Waals surface area contributed by atoms with Crippen LogP contribution >= 0.6 is 0 Å². The summed E-state index contributed by atoms with van der Waals surface area (Å²) < 4.78 is 7.01. The number of nitrogens with zero attached hydrogens (tertiary/aromatic N) is 3. The van der Waals surface area contributed by atoms with Gasteiger partial charge < -0.3 is 10.5 Å². The molecule has 0 aliphatic rings. The fourth-order valence-electron chi connectivity index (χ4n) is 1.64. The number of rotatable bonds is 2. The number of nitrogens with two attached hydrogens (primary N) is 1. The average Bonchev–Trinajstić information content (AvgIpc) is 2.57. The van der Waals surface area contributed by atoms with Crippen molar-refractivity contribution in [2.75, 3.05) is 12.8 Å². The molecule has 0 amide bonds. The quantitative estimate of drug-likeness (QED) is 0.773. The van der Waals surface area contributed by atoms with Gasteiger partial charge in [0.15, 0.2) is 5.82 Å². The number of benzene rings is 1. The van der Waals surface area contributed by atoms with E-state index >= 15 is 0 Å². The summed E-state index contributed by atoms with van der Waals surface area (Å²) in [5.74, 6) is 2.21. The molecule has 5 heteroatoms. The minimum absolute atomic E-state index is 0.666. The largest absolute Gasteiger partial charge is 0.496 e. The molecule has 16 heavy (non-hydrogen) atoms. The normalized spacial score (nSPS) is 10.4. The average molecular weight is 218 g/mol. The number of hydrogen-bond acceptors (Lipinski definition) is 4. The molecule has 0 fully saturated rings. The Morgan fingerprint density at radius 3 is 2.69 bits per heavy atom. The second kappa shape index (κ2) is 3.84. The van der Waals surface area contributed by atoms with E-state index in [2.05, 4.69) is 10.1 Å². The van der Waals surface area contributed by atoms with Crippen LogP contribution in [0.15, 0.2) is 18.2 Å². The lowest BCUT2D eigenvalue weighted by Gasteiger charge is -2.08. The predicted octanol–water partition coefficient (Wildman–Crippen LogP) is 1.38. The molecule has 1 aromatic heterocycles. The summed E-state index contributed by atoms with van der Waals surface area (Å²) in [5, 5.41) is 4.20. The number of methoxy groups -OCH3 is 1. The first kappa shape index (κ1) is 10.5. The molecule has 0 aliphatic heterocycles. The van der Waals surface area contributed by atoms with Crippen molar-refractivity contribution in [3.63, 3.8) is 0 Å². The van der Waals surface area contributed by atoms with Crippen molar-refractivity contribution >= 4 is 5.69 Å². The van der Waals surface area contributed by atoms with Crippen LogP contribution in [0.1, 0.15) is 5.82 Å². The second-order valence-corrected chi connectivity index (χ2v) is 3.57. The van der Waals surface area contributed by atoms with Gasteiger partial charge in [-0.15, -0.1) is 0 Å². The summed E-state index contributed by atoms with van der Waals surface area (Å²) in [6, 6.07) is 5.48. The first-order valence-electron chi connectivity index (χ1n) is 4.93. The Labute approximate surface area is 93.9 Å². The van der Waals surface area contributed by atoms with Gasteiger partial charge in [-0.25, -0.2) is 9.67 Å². The smallest absolute Gasteiger partial charge is 0.161 e. The highest BCUT2D eigenvalue weighted by Crippen LogP contribution is 2.30. The lowest BCUT2D eigenvalue weighted by molar-refractivity contribution is 0.416. The molecule has 84 valence electrons. The monoisotopic (exact) mass is 218 g/mol. The standard InChI is InChI=1S/C11H14N4O/c1-7-13-11(15(2)14-7)9-5-4-8(12)6-10(9)16-3/h4-6H,12H2,1-3H3. The van der Waals surface area contributed by atoms with Gasteiger partial charge in [-0.1, -0.05) is 0 Å². The first-order valence-corrected chi connectivity index (χ1v) is 4.93. The first-order chi connectivity index (χ1) is 7.61. The third-order valence-corrected chi connectivity index (χ3v) is 2.34. The Bertz CT molecular complexity index is 519. The Morgan fingerprint density at radius 1 is 1.38 bits per heavy atom. The molecule has 2 aromatic rings. The van der Waals surface area contributed by atoms with Crippen LogP contribution < -0.4 is 10.5 Å². The van der Waals surface area contributed by atoms with Crippen molar-refractivity contribution in [1.82, 2.24) is 14.8 Å². The van der Waals surface area contributed by atoms with Crippen molar-refractivity contribution in [2.24, 2.45) is 7.05 Å². The lowest BCUT2D eigenvalue weighted by atomic mass is 10.1. The van der Waals surface area contributed by atoms with E-state index in [4.69, 9.17) is 10.5 Å². The maximum absolute atomic E-state index is 5.70. The van der Waals surface area contributed by atoms with Gasteiger partial charge in [0, 0.05) is 18.8 Å². The molecule has 0 unspecified atom stereocenters. The third-order valence-electron chi connectivity index (χ3n) is 2.34. The second-order valence-electron chi connectivity index (χ2n) is 3.57. The van der Waals surface area contributed by atoms with Crippen molar-refractivity contribution in [1.29, 1.82) is 0 Å². The van der Waals surface area contributed by atoms with Crippen LogP contribution in [0, 0.1) is 6.92 Å². The molecule has 0 bridgehead atoms. The molecule has 1 heterocycles. The Balaban J connectivity index is 2.59. The van der Waals surface area contributed by atoms with Gasteiger partial charge in [0.05, 0.1) is 12.7 Å². The van der Waals surface area contributed by atoms with Crippen LogP contribution in [-0.2, 0) is 7.05 Å². The number of aryl methyl sites for hydroxylation is 2. The van der Waals surface area contributed by atoms with Gasteiger partial charge in [0.1, 0.15) is 11.6 Å². The number of aromatic nitrogens is 3. The van der Waals surface area contributed by atoms with Gasteiger partial charge >= 0.3 is 0 Å². The fourth-order valence-corrected chi connectivity index (χ4v) is 1.64. The summed E-state index contributed by atoms with van der Waals surface area (Å²) in [6.45, 7) is 1.85. The minimum Gasteiger partial charge on any atom is -0.496 e. The SMILES string of the molecule is COc1cc(N)ccc1-c1nc(C)nn1C. The molecule has 0 saturated carbocycles. The maximum atomic E-state index is 5.70. The molecular formula is C11H14N4O. The third kappa shape index (κ3) is 1.71. The number of ether oxygens (including phenoxy) is 1. The van der Waals surface area contributed by atoms with Gasteiger partial charge in [-0.2, -0.15) is 5.10 Å². The molecule has 0 aliphatic carbocycles. The summed E-state index contributed by atoms with van der Waals surface area (Å²) >= 11 is 0. The van der Waals surface area contributed by atoms with E-state index in [9.17, 15) is 0 Å². The Morgan fingerprint density at radius 2 is 2.12 bits per heavy atom. The molecule has 5 nitrogen and oxygen atoms in total. The van der Waals surface area contributed by atoms with Crippen molar-refractivity contribution in [3.8, 4) is 17.1 Å². The molecule has 2 N–H and O–H groups in total. The van der Waals surface area contributed by atoms with E-state index in [1.165, 1.54) is 0 Å². The number of anilines is 1. The van der Waals surface area contributed by atoms with Crippen molar-refractivity contribution in [3.05, 3.63) is 24.0 Å². The van der Waals surface area contributed by atoms with Crippen LogP contribution in [0.25, 0.3) is 11.4 Å². The zero-order valence-corrected chi connectivity index (χ0v) is 9.56. The highest BCUT2D eigenvalue weighted by molar-refractivity contribution is 5.68. The topological polar surface area (TPSA) is 66.0 Å². The number of hydrogen-bond donors (Lipinski definition) is 1. The number of nitrogen functional groups attached to an aromatic ring is 1. The Kier molecular flexibility index (Phi) is 2.52. The van der Waals surface area contributed by atoms with Crippen LogP contribution in [0.3, 0.4) is 0 Å². The van der Waals surface area contributed by atoms with Crippen LogP contribution in [-0.4, -0.2) is 21.9 Å². The summed E-state index contributed by atoms with van der Waals surface area (Å²) in [6.07, 6.45) is 0. The van der Waals surface area contributed by atoms with Crippen molar-refractivity contribution < 1.29 is 4.74 Å². The van der Waals surface area contributed by atoms with E-state index < -0.39 is 0 Å². The molecule has 0 spiro atoms. The molecule has 1 aromatic carbocycles. The zero-order chi connectivity index (χ0) is 11.7. The van der Waals surface area contributed by atoms with E-state index in [1.807, 2.05) is 26.1 Å². The zero-order valence-electron chi connectivity index (χ0n) is 9.56. The van der Waals surface area contributed by atoms with E-state index in [0.29, 0.717) is 11.4 Å². The minimum atomic E-state index is 0.666. The lowest BCUT2D eigenvalue weighted by Crippen LogP contribution is -1.97. The Hall–Kier alpha value is -2.04. The maximum Gasteiger partial charge on any atom is 0.161 e. The predicted molar refractivity (Wildman–Crippen MR) is 62.1 cm³/mol. The van der Waals surface area contributed by atoms with Gasteiger partial charge in [0.2, 0.25) is 0 Å². The molecule has 0 saturated heterocycles. The molecule has 0 radical (unpaired) electrons. The highest BCUT2D eigenvalue weighted by Gasteiger charge is 2.12. The van der Waals surface area contributed by atoms with Gasteiger partial charge in [-0.3, -0.25) is 0 Å². The fraction of sp³-hybridized carbons (Fsp3) is 0.273. The van der Waals surface area contributed by atoms with Crippen molar-refractivity contribution in [2.45, 2.75) is 6.92 Å². The van der Waals surface area contributed by atoms with Crippen LogP contribution in [0.5, 0.6) is 5.75 Å². The summed E-state index contributed by atoms with van der Waals surface area (Å²) in [4.78, 5) is 4.35. The molecular weight excluding hydrogens is 204 g/mol. The molecule has 2 rings (SSSR count). The van der Waals surface area contributed by atoms with Gasteiger partial charge in [0.25, 0.3) is 0 Å². The van der Waals surface area contributed by atoms with Crippen LogP contribution in [0.4, 0.5) is 5.69 Å². The highest BCUT2D eigenvalue weighted by atomic mass is 16.5. The summed E-state index contributed by atoms with van der Waals surface area (Å²) in [7, 11) is 3.46. The van der Waals surface area contributed by atoms with Crippen LogP contribution in [0.2, 0.25) is 0 Å². The summed E-state index contributed by atoms with van der Waals surface area (Å²) in [5.41, 5.74) is 7.26. The van der Waals surface area contributed by atoms with E-state index in [0.717, 1.165) is 17.2 Å². The van der Waals surface area contributed by atoms with Gasteiger partial charge in [-0.05, 0) is 19.1 Å². The molecule has 0 atom stereocenters.